The van der Waals surface area contributed by atoms with Gasteiger partial charge in [0.1, 0.15) is 17.7 Å². The summed E-state index contributed by atoms with van der Waals surface area (Å²) in [5, 5.41) is 5.29. The van der Waals surface area contributed by atoms with Gasteiger partial charge in [-0.25, -0.2) is 8.78 Å². The fourth-order valence-electron chi connectivity index (χ4n) is 4.14. The SMILES string of the molecule is O=C(NCc1ccc(F)cc1F)[C@@H]1C[C@]2(CCN(C(=O)c3ccccc3)C2)C(=O)N1. The van der Waals surface area contributed by atoms with E-state index in [1.807, 2.05) is 6.07 Å². The number of benzene rings is 2. The minimum absolute atomic E-state index is 0.108. The lowest BCUT2D eigenvalue weighted by molar-refractivity contribution is -0.128. The Morgan fingerprint density at radius 3 is 2.67 bits per heavy atom. The standard InChI is InChI=1S/C22H21F2N3O3/c23-16-7-6-15(17(24)10-16)12-25-19(28)18-11-22(21(30)26-18)8-9-27(13-22)20(29)14-4-2-1-3-5-14/h1-7,10,18H,8-9,11-13H2,(H,25,28)(H,26,30)/t18-,22-/m0/s1. The summed E-state index contributed by atoms with van der Waals surface area (Å²) in [4.78, 5) is 39.5. The molecule has 0 aliphatic carbocycles. The Hall–Kier alpha value is -3.29. The van der Waals surface area contributed by atoms with E-state index in [0.29, 0.717) is 18.5 Å². The number of likely N-dealkylation sites (tertiary alicyclic amines) is 1. The Labute approximate surface area is 172 Å². The first-order chi connectivity index (χ1) is 14.4. The van der Waals surface area contributed by atoms with Crippen molar-refractivity contribution in [2.24, 2.45) is 5.41 Å². The molecule has 0 aromatic heterocycles. The third-order valence-corrected chi connectivity index (χ3v) is 5.83. The summed E-state index contributed by atoms with van der Waals surface area (Å²) >= 11 is 0. The zero-order chi connectivity index (χ0) is 21.3. The molecule has 4 rings (SSSR count). The molecule has 2 aliphatic rings. The third-order valence-electron chi connectivity index (χ3n) is 5.83. The summed E-state index contributed by atoms with van der Waals surface area (Å²) in [5.74, 6) is -2.26. The van der Waals surface area contributed by atoms with Crippen LogP contribution in [0.15, 0.2) is 48.5 Å². The van der Waals surface area contributed by atoms with Crippen molar-refractivity contribution in [3.05, 3.63) is 71.3 Å². The summed E-state index contributed by atoms with van der Waals surface area (Å²) < 4.78 is 26.7. The Kier molecular flexibility index (Phi) is 5.24. The van der Waals surface area contributed by atoms with Gasteiger partial charge in [-0.1, -0.05) is 24.3 Å². The van der Waals surface area contributed by atoms with Gasteiger partial charge in [-0.05, 0) is 31.0 Å². The molecular weight excluding hydrogens is 392 g/mol. The second-order valence-electron chi connectivity index (χ2n) is 7.81. The van der Waals surface area contributed by atoms with Gasteiger partial charge in [-0.15, -0.1) is 0 Å². The molecule has 156 valence electrons. The first-order valence-corrected chi connectivity index (χ1v) is 9.75. The minimum atomic E-state index is -0.798. The maximum Gasteiger partial charge on any atom is 0.253 e. The van der Waals surface area contributed by atoms with Gasteiger partial charge >= 0.3 is 0 Å². The molecule has 2 saturated heterocycles. The van der Waals surface area contributed by atoms with Crippen LogP contribution < -0.4 is 10.6 Å². The molecule has 2 aromatic carbocycles. The number of hydrogen-bond acceptors (Lipinski definition) is 3. The number of halogens is 2. The van der Waals surface area contributed by atoms with Crippen molar-refractivity contribution < 1.29 is 23.2 Å². The van der Waals surface area contributed by atoms with Crippen molar-refractivity contribution in [3.8, 4) is 0 Å². The van der Waals surface area contributed by atoms with Gasteiger partial charge in [0, 0.05) is 36.8 Å². The van der Waals surface area contributed by atoms with Crippen molar-refractivity contribution in [3.63, 3.8) is 0 Å². The molecule has 3 amide bonds. The van der Waals surface area contributed by atoms with Crippen LogP contribution in [0.5, 0.6) is 0 Å². The number of carbonyl (C=O) groups excluding carboxylic acids is 3. The first kappa shape index (κ1) is 20.0. The van der Waals surface area contributed by atoms with Gasteiger partial charge < -0.3 is 15.5 Å². The molecule has 2 atom stereocenters. The predicted molar refractivity (Wildman–Crippen MR) is 104 cm³/mol. The molecule has 30 heavy (non-hydrogen) atoms. The molecule has 2 fully saturated rings. The van der Waals surface area contributed by atoms with Crippen LogP contribution >= 0.6 is 0 Å². The maximum absolute atomic E-state index is 13.7. The minimum Gasteiger partial charge on any atom is -0.350 e. The van der Waals surface area contributed by atoms with E-state index < -0.39 is 29.0 Å². The lowest BCUT2D eigenvalue weighted by Crippen LogP contribution is -2.41. The van der Waals surface area contributed by atoms with E-state index in [9.17, 15) is 23.2 Å². The highest BCUT2D eigenvalue weighted by molar-refractivity contribution is 5.97. The van der Waals surface area contributed by atoms with Crippen molar-refractivity contribution in [2.45, 2.75) is 25.4 Å². The van der Waals surface area contributed by atoms with Crippen molar-refractivity contribution in [2.75, 3.05) is 13.1 Å². The van der Waals surface area contributed by atoms with Gasteiger partial charge in [0.25, 0.3) is 5.91 Å². The Morgan fingerprint density at radius 1 is 1.17 bits per heavy atom. The molecule has 2 aliphatic heterocycles. The maximum atomic E-state index is 13.7. The second kappa shape index (κ2) is 7.85. The van der Waals surface area contributed by atoms with Gasteiger partial charge in [-0.3, -0.25) is 14.4 Å². The fourth-order valence-corrected chi connectivity index (χ4v) is 4.14. The Balaban J connectivity index is 1.38. The second-order valence-corrected chi connectivity index (χ2v) is 7.81. The van der Waals surface area contributed by atoms with E-state index >= 15 is 0 Å². The molecule has 1 spiro atoms. The number of rotatable bonds is 4. The van der Waals surface area contributed by atoms with E-state index in [0.717, 1.165) is 12.1 Å². The highest BCUT2D eigenvalue weighted by Crippen LogP contribution is 2.40. The van der Waals surface area contributed by atoms with Gasteiger partial charge in [0.2, 0.25) is 11.8 Å². The molecule has 2 aromatic rings. The lowest BCUT2D eigenvalue weighted by Gasteiger charge is -2.21. The van der Waals surface area contributed by atoms with E-state index in [1.54, 1.807) is 29.2 Å². The molecule has 0 bridgehead atoms. The fraction of sp³-hybridized carbons (Fsp3) is 0.318. The normalized spacial score (nSPS) is 22.9. The summed E-state index contributed by atoms with van der Waals surface area (Å²) in [7, 11) is 0. The van der Waals surface area contributed by atoms with Crippen LogP contribution in [0.25, 0.3) is 0 Å². The predicted octanol–water partition coefficient (Wildman–Crippen LogP) is 2.00. The van der Waals surface area contributed by atoms with E-state index in [1.165, 1.54) is 6.07 Å². The van der Waals surface area contributed by atoms with Crippen LogP contribution in [0.4, 0.5) is 8.78 Å². The van der Waals surface area contributed by atoms with Crippen molar-refractivity contribution in [1.29, 1.82) is 0 Å². The van der Waals surface area contributed by atoms with Crippen molar-refractivity contribution in [1.82, 2.24) is 15.5 Å². The zero-order valence-corrected chi connectivity index (χ0v) is 16.2. The van der Waals surface area contributed by atoms with Crippen LogP contribution in [0.3, 0.4) is 0 Å². The molecular formula is C22H21F2N3O3. The largest absolute Gasteiger partial charge is 0.350 e. The highest BCUT2D eigenvalue weighted by atomic mass is 19.1. The topological polar surface area (TPSA) is 78.5 Å². The molecule has 0 radical (unpaired) electrons. The average Bonchev–Trinajstić information content (AvgIpc) is 3.31. The van der Waals surface area contributed by atoms with Crippen LogP contribution in [-0.4, -0.2) is 41.8 Å². The van der Waals surface area contributed by atoms with E-state index in [2.05, 4.69) is 10.6 Å². The molecule has 0 saturated carbocycles. The molecule has 0 unspecified atom stereocenters. The average molecular weight is 413 g/mol. The van der Waals surface area contributed by atoms with E-state index in [4.69, 9.17) is 0 Å². The van der Waals surface area contributed by atoms with E-state index in [-0.39, 0.29) is 36.9 Å². The summed E-state index contributed by atoms with van der Waals surface area (Å²) in [6.07, 6.45) is 0.746. The van der Waals surface area contributed by atoms with Gasteiger partial charge in [-0.2, -0.15) is 0 Å². The number of nitrogens with one attached hydrogen (secondary N) is 2. The smallest absolute Gasteiger partial charge is 0.253 e. The number of amides is 3. The molecule has 2 heterocycles. The number of nitrogens with zero attached hydrogens (tertiary/aromatic N) is 1. The lowest BCUT2D eigenvalue weighted by atomic mass is 9.84. The van der Waals surface area contributed by atoms with Gasteiger partial charge in [0.15, 0.2) is 0 Å². The summed E-state index contributed by atoms with van der Waals surface area (Å²) in [5.41, 5.74) is -0.0824. The monoisotopic (exact) mass is 413 g/mol. The number of carbonyl (C=O) groups is 3. The molecule has 8 heteroatoms. The highest BCUT2D eigenvalue weighted by Gasteiger charge is 2.53. The quantitative estimate of drug-likeness (QED) is 0.805. The molecule has 6 nitrogen and oxygen atoms in total. The zero-order valence-electron chi connectivity index (χ0n) is 16.2. The summed E-state index contributed by atoms with van der Waals surface area (Å²) in [6.45, 7) is 0.585. The van der Waals surface area contributed by atoms with Crippen LogP contribution in [0.1, 0.15) is 28.8 Å². The number of hydrogen-bond donors (Lipinski definition) is 2. The van der Waals surface area contributed by atoms with Gasteiger partial charge in [0.05, 0.1) is 5.41 Å². The van der Waals surface area contributed by atoms with Crippen LogP contribution in [0, 0.1) is 17.0 Å². The first-order valence-electron chi connectivity index (χ1n) is 9.75. The third kappa shape index (κ3) is 3.77. The Morgan fingerprint density at radius 2 is 1.93 bits per heavy atom. The summed E-state index contributed by atoms with van der Waals surface area (Å²) in [6, 6.07) is 11.2. The van der Waals surface area contributed by atoms with Crippen molar-refractivity contribution >= 4 is 17.7 Å². The Bertz CT molecular complexity index is 998. The van der Waals surface area contributed by atoms with Crippen LogP contribution in [-0.2, 0) is 16.1 Å². The van der Waals surface area contributed by atoms with Crippen LogP contribution in [0.2, 0.25) is 0 Å². The molecule has 2 N–H and O–H groups in total.